The zero-order valence-corrected chi connectivity index (χ0v) is 15.9. The molecule has 6 nitrogen and oxygen atoms in total. The Bertz CT molecular complexity index is 765. The van der Waals surface area contributed by atoms with E-state index in [1.807, 2.05) is 35.4 Å². The van der Waals surface area contributed by atoms with Crippen LogP contribution in [0.25, 0.3) is 0 Å². The Hall–Kier alpha value is -2.63. The average Bonchev–Trinajstić information content (AvgIpc) is 2.75. The van der Waals surface area contributed by atoms with Gasteiger partial charge in [-0.15, -0.1) is 0 Å². The SMILES string of the molecule is CC1CCN(C(=O)c2cc(N3CCN(c4ccccn4)CC3)ccn2)CC1. The smallest absolute Gasteiger partial charge is 0.272 e. The molecule has 0 bridgehead atoms. The Balaban J connectivity index is 1.40. The topological polar surface area (TPSA) is 52.6 Å². The lowest BCUT2D eigenvalue weighted by Gasteiger charge is -2.37. The Morgan fingerprint density at radius 1 is 0.926 bits per heavy atom. The molecule has 0 N–H and O–H groups in total. The number of aromatic nitrogens is 2. The molecule has 2 aliphatic heterocycles. The molecule has 1 amide bonds. The predicted molar refractivity (Wildman–Crippen MR) is 107 cm³/mol. The molecule has 2 aromatic rings. The first-order chi connectivity index (χ1) is 13.2. The van der Waals surface area contributed by atoms with Crippen molar-refractivity contribution in [3.05, 3.63) is 48.4 Å². The monoisotopic (exact) mass is 365 g/mol. The number of pyridine rings is 2. The van der Waals surface area contributed by atoms with Gasteiger partial charge in [0.05, 0.1) is 0 Å². The molecule has 2 aliphatic rings. The Morgan fingerprint density at radius 2 is 1.67 bits per heavy atom. The second kappa shape index (κ2) is 7.94. The molecule has 2 aromatic heterocycles. The molecule has 0 aliphatic carbocycles. The first kappa shape index (κ1) is 17.8. The minimum Gasteiger partial charge on any atom is -0.368 e. The molecular weight excluding hydrogens is 338 g/mol. The number of anilines is 2. The second-order valence-corrected chi connectivity index (χ2v) is 7.54. The highest BCUT2D eigenvalue weighted by molar-refractivity contribution is 5.93. The van der Waals surface area contributed by atoms with Gasteiger partial charge >= 0.3 is 0 Å². The van der Waals surface area contributed by atoms with Crippen LogP contribution in [0.4, 0.5) is 11.5 Å². The molecule has 4 rings (SSSR count). The standard InChI is InChI=1S/C21H27N5O/c1-17-6-10-26(11-7-17)21(27)19-16-18(5-9-22-19)24-12-14-25(15-13-24)20-4-2-3-8-23-20/h2-5,8-9,16-17H,6-7,10-15H2,1H3. The Kier molecular flexibility index (Phi) is 5.23. The summed E-state index contributed by atoms with van der Waals surface area (Å²) in [6.07, 6.45) is 5.77. The first-order valence-electron chi connectivity index (χ1n) is 9.87. The molecular formula is C21H27N5O. The number of piperidine rings is 1. The molecule has 0 atom stereocenters. The molecule has 0 unspecified atom stereocenters. The number of rotatable bonds is 3. The summed E-state index contributed by atoms with van der Waals surface area (Å²) in [6.45, 7) is 7.61. The van der Waals surface area contributed by atoms with Gasteiger partial charge in [-0.25, -0.2) is 4.98 Å². The van der Waals surface area contributed by atoms with E-state index in [1.54, 1.807) is 6.20 Å². The van der Waals surface area contributed by atoms with Crippen molar-refractivity contribution in [1.82, 2.24) is 14.9 Å². The number of nitrogens with zero attached hydrogens (tertiary/aromatic N) is 5. The van der Waals surface area contributed by atoms with Gasteiger partial charge in [0.2, 0.25) is 0 Å². The van der Waals surface area contributed by atoms with Crippen LogP contribution in [-0.4, -0.2) is 60.0 Å². The van der Waals surface area contributed by atoms with E-state index in [4.69, 9.17) is 0 Å². The Morgan fingerprint density at radius 3 is 2.37 bits per heavy atom. The van der Waals surface area contributed by atoms with E-state index in [9.17, 15) is 4.79 Å². The van der Waals surface area contributed by atoms with Crippen molar-refractivity contribution in [2.45, 2.75) is 19.8 Å². The fraction of sp³-hybridized carbons (Fsp3) is 0.476. The Labute approximate surface area is 160 Å². The van der Waals surface area contributed by atoms with Gasteiger partial charge in [0.25, 0.3) is 5.91 Å². The summed E-state index contributed by atoms with van der Waals surface area (Å²) in [7, 11) is 0. The van der Waals surface area contributed by atoms with Gasteiger partial charge < -0.3 is 14.7 Å². The normalized spacial score (nSPS) is 18.6. The largest absolute Gasteiger partial charge is 0.368 e. The fourth-order valence-corrected chi connectivity index (χ4v) is 3.84. The maximum absolute atomic E-state index is 12.8. The highest BCUT2D eigenvalue weighted by atomic mass is 16.2. The zero-order valence-electron chi connectivity index (χ0n) is 15.9. The minimum atomic E-state index is 0.0656. The second-order valence-electron chi connectivity index (χ2n) is 7.54. The van der Waals surface area contributed by atoms with Crippen LogP contribution in [0.5, 0.6) is 0 Å². The fourth-order valence-electron chi connectivity index (χ4n) is 3.84. The lowest BCUT2D eigenvalue weighted by Crippen LogP contribution is -2.47. The van der Waals surface area contributed by atoms with Crippen LogP contribution in [0.3, 0.4) is 0 Å². The van der Waals surface area contributed by atoms with Crippen LogP contribution < -0.4 is 9.80 Å². The van der Waals surface area contributed by atoms with Crippen molar-refractivity contribution < 1.29 is 4.79 Å². The van der Waals surface area contributed by atoms with Crippen LogP contribution in [0, 0.1) is 5.92 Å². The van der Waals surface area contributed by atoms with Gasteiger partial charge in [-0.05, 0) is 43.0 Å². The van der Waals surface area contributed by atoms with Crippen LogP contribution in [-0.2, 0) is 0 Å². The number of hydrogen-bond donors (Lipinski definition) is 0. The van der Waals surface area contributed by atoms with E-state index < -0.39 is 0 Å². The highest BCUT2D eigenvalue weighted by Gasteiger charge is 2.24. The van der Waals surface area contributed by atoms with Crippen LogP contribution in [0.1, 0.15) is 30.3 Å². The molecule has 2 saturated heterocycles. The van der Waals surface area contributed by atoms with E-state index in [1.165, 1.54) is 0 Å². The molecule has 6 heteroatoms. The van der Waals surface area contributed by atoms with Gasteiger partial charge in [0.1, 0.15) is 11.5 Å². The van der Waals surface area contributed by atoms with Crippen molar-refractivity contribution in [2.24, 2.45) is 5.92 Å². The first-order valence-corrected chi connectivity index (χ1v) is 9.87. The lowest BCUT2D eigenvalue weighted by atomic mass is 9.99. The summed E-state index contributed by atoms with van der Waals surface area (Å²) in [4.78, 5) is 28.2. The van der Waals surface area contributed by atoms with Crippen LogP contribution in [0.2, 0.25) is 0 Å². The summed E-state index contributed by atoms with van der Waals surface area (Å²) in [6, 6.07) is 9.98. The number of amides is 1. The van der Waals surface area contributed by atoms with E-state index >= 15 is 0 Å². The van der Waals surface area contributed by atoms with Crippen molar-refractivity contribution in [2.75, 3.05) is 49.1 Å². The molecule has 142 valence electrons. The van der Waals surface area contributed by atoms with Crippen molar-refractivity contribution in [3.8, 4) is 0 Å². The van der Waals surface area contributed by atoms with Gasteiger partial charge in [-0.3, -0.25) is 9.78 Å². The van der Waals surface area contributed by atoms with E-state index in [2.05, 4.69) is 32.8 Å². The molecule has 0 radical (unpaired) electrons. The average molecular weight is 365 g/mol. The zero-order chi connectivity index (χ0) is 18.6. The van der Waals surface area contributed by atoms with Crippen LogP contribution >= 0.6 is 0 Å². The summed E-state index contributed by atoms with van der Waals surface area (Å²) in [5.74, 6) is 1.81. The number of carbonyl (C=O) groups excluding carboxylic acids is 1. The summed E-state index contributed by atoms with van der Waals surface area (Å²) >= 11 is 0. The lowest BCUT2D eigenvalue weighted by molar-refractivity contribution is 0.0691. The number of likely N-dealkylation sites (tertiary alicyclic amines) is 1. The summed E-state index contributed by atoms with van der Waals surface area (Å²) < 4.78 is 0. The van der Waals surface area contributed by atoms with Gasteiger partial charge in [-0.1, -0.05) is 13.0 Å². The van der Waals surface area contributed by atoms with E-state index in [-0.39, 0.29) is 5.91 Å². The molecule has 0 saturated carbocycles. The van der Waals surface area contributed by atoms with E-state index in [0.717, 1.165) is 63.6 Å². The number of hydrogen-bond acceptors (Lipinski definition) is 5. The van der Waals surface area contributed by atoms with Gasteiger partial charge in [-0.2, -0.15) is 0 Å². The van der Waals surface area contributed by atoms with Crippen molar-refractivity contribution in [3.63, 3.8) is 0 Å². The maximum Gasteiger partial charge on any atom is 0.272 e. The van der Waals surface area contributed by atoms with Crippen molar-refractivity contribution in [1.29, 1.82) is 0 Å². The highest BCUT2D eigenvalue weighted by Crippen LogP contribution is 2.22. The summed E-state index contributed by atoms with van der Waals surface area (Å²) in [5.41, 5.74) is 1.65. The molecule has 27 heavy (non-hydrogen) atoms. The van der Waals surface area contributed by atoms with Gasteiger partial charge in [0.15, 0.2) is 0 Å². The molecule has 0 aromatic carbocycles. The third kappa shape index (κ3) is 4.04. The minimum absolute atomic E-state index is 0.0656. The number of piperazine rings is 1. The molecule has 4 heterocycles. The predicted octanol–water partition coefficient (Wildman–Crippen LogP) is 2.68. The quantitative estimate of drug-likeness (QED) is 0.837. The summed E-state index contributed by atoms with van der Waals surface area (Å²) in [5, 5.41) is 0. The van der Waals surface area contributed by atoms with Crippen molar-refractivity contribution >= 4 is 17.4 Å². The maximum atomic E-state index is 12.8. The van der Waals surface area contributed by atoms with E-state index in [0.29, 0.717) is 11.6 Å². The van der Waals surface area contributed by atoms with Crippen LogP contribution in [0.15, 0.2) is 42.7 Å². The third-order valence-corrected chi connectivity index (χ3v) is 5.65. The number of carbonyl (C=O) groups is 1. The molecule has 2 fully saturated rings. The van der Waals surface area contributed by atoms with Gasteiger partial charge in [0, 0.05) is 57.3 Å². The third-order valence-electron chi connectivity index (χ3n) is 5.65. The molecule has 0 spiro atoms.